The summed E-state index contributed by atoms with van der Waals surface area (Å²) < 4.78 is 0. The van der Waals surface area contributed by atoms with E-state index in [1.807, 2.05) is 26.0 Å². The van der Waals surface area contributed by atoms with Crippen LogP contribution in [0.5, 0.6) is 0 Å². The molecule has 0 atom stereocenters. The third-order valence-corrected chi connectivity index (χ3v) is 3.27. The second-order valence-electron chi connectivity index (χ2n) is 2.67. The van der Waals surface area contributed by atoms with Crippen molar-refractivity contribution >= 4 is 28.0 Å². The van der Waals surface area contributed by atoms with Crippen molar-refractivity contribution < 1.29 is 0 Å². The lowest BCUT2D eigenvalue weighted by Gasteiger charge is -1.96. The molecule has 0 fully saturated rings. The smallest absolute Gasteiger partial charge is 0.0963 e. The summed E-state index contributed by atoms with van der Waals surface area (Å²) in [5.41, 5.74) is 0.656. The van der Waals surface area contributed by atoms with Crippen LogP contribution in [0.15, 0.2) is 17.7 Å². The minimum absolute atomic E-state index is 0.600. The first-order valence-electron chi connectivity index (χ1n) is 4.04. The number of nitriles is 1. The summed E-state index contributed by atoms with van der Waals surface area (Å²) >= 11 is 7.67. The molecule has 1 heterocycles. The van der Waals surface area contributed by atoms with E-state index in [9.17, 15) is 0 Å². The molecule has 68 valence electrons. The highest BCUT2D eigenvalue weighted by molar-refractivity contribution is 7.13. The van der Waals surface area contributed by atoms with Gasteiger partial charge in [0.1, 0.15) is 0 Å². The second kappa shape index (κ2) is 4.45. The molecule has 1 aromatic rings. The van der Waals surface area contributed by atoms with Crippen LogP contribution < -0.4 is 0 Å². The van der Waals surface area contributed by atoms with E-state index in [0.717, 1.165) is 4.88 Å². The standard InChI is InChI=1S/C10H10ClNS/c1-3-8(6-12)10(11)9-5-4-7(2)13-9/h4-5H,3H2,1-2H3. The van der Waals surface area contributed by atoms with E-state index < -0.39 is 0 Å². The minimum atomic E-state index is 0.600. The summed E-state index contributed by atoms with van der Waals surface area (Å²) in [5.74, 6) is 0. The van der Waals surface area contributed by atoms with Crippen LogP contribution in [0, 0.1) is 18.3 Å². The first kappa shape index (κ1) is 10.3. The lowest BCUT2D eigenvalue weighted by Crippen LogP contribution is -1.78. The van der Waals surface area contributed by atoms with Gasteiger partial charge in [-0.05, 0) is 25.5 Å². The summed E-state index contributed by atoms with van der Waals surface area (Å²) in [6, 6.07) is 6.07. The molecular weight excluding hydrogens is 202 g/mol. The molecule has 0 aliphatic rings. The number of hydrogen-bond acceptors (Lipinski definition) is 2. The molecule has 1 aromatic heterocycles. The Morgan fingerprint density at radius 2 is 2.31 bits per heavy atom. The van der Waals surface area contributed by atoms with Crippen molar-refractivity contribution in [2.24, 2.45) is 0 Å². The molecule has 0 radical (unpaired) electrons. The van der Waals surface area contributed by atoms with Gasteiger partial charge in [0, 0.05) is 15.3 Å². The van der Waals surface area contributed by atoms with Crippen LogP contribution in [0.3, 0.4) is 0 Å². The molecule has 0 saturated heterocycles. The summed E-state index contributed by atoms with van der Waals surface area (Å²) in [6.07, 6.45) is 0.687. The van der Waals surface area contributed by atoms with Crippen molar-refractivity contribution in [2.45, 2.75) is 20.3 Å². The van der Waals surface area contributed by atoms with Gasteiger partial charge in [-0.1, -0.05) is 18.5 Å². The van der Waals surface area contributed by atoms with Crippen LogP contribution in [-0.2, 0) is 0 Å². The molecule has 0 unspecified atom stereocenters. The molecule has 3 heteroatoms. The Labute approximate surface area is 87.3 Å². The molecule has 0 N–H and O–H groups in total. The van der Waals surface area contributed by atoms with Crippen LogP contribution in [0.25, 0.3) is 5.03 Å². The van der Waals surface area contributed by atoms with Gasteiger partial charge in [-0.3, -0.25) is 0 Å². The molecule has 0 aliphatic carbocycles. The van der Waals surface area contributed by atoms with E-state index >= 15 is 0 Å². The summed E-state index contributed by atoms with van der Waals surface area (Å²) in [4.78, 5) is 2.19. The Hall–Kier alpha value is -0.780. The van der Waals surface area contributed by atoms with Crippen LogP contribution in [0.1, 0.15) is 23.1 Å². The molecule has 0 spiro atoms. The Morgan fingerprint density at radius 3 is 2.69 bits per heavy atom. The second-order valence-corrected chi connectivity index (χ2v) is 4.33. The lowest BCUT2D eigenvalue weighted by atomic mass is 10.2. The van der Waals surface area contributed by atoms with Gasteiger partial charge in [0.25, 0.3) is 0 Å². The Kier molecular flexibility index (Phi) is 3.53. The van der Waals surface area contributed by atoms with Gasteiger partial charge in [-0.2, -0.15) is 5.26 Å². The highest BCUT2D eigenvalue weighted by Crippen LogP contribution is 2.30. The van der Waals surface area contributed by atoms with E-state index in [4.69, 9.17) is 16.9 Å². The molecule has 0 saturated carbocycles. The Balaban J connectivity index is 3.09. The molecule has 1 rings (SSSR count). The molecule has 1 nitrogen and oxygen atoms in total. The van der Waals surface area contributed by atoms with E-state index in [1.165, 1.54) is 4.88 Å². The zero-order chi connectivity index (χ0) is 9.84. The minimum Gasteiger partial charge on any atom is -0.193 e. The normalized spacial score (nSPS) is 12.2. The van der Waals surface area contributed by atoms with Crippen molar-refractivity contribution in [3.8, 4) is 6.07 Å². The first-order valence-corrected chi connectivity index (χ1v) is 5.24. The average molecular weight is 212 g/mol. The van der Waals surface area contributed by atoms with Crippen LogP contribution in [0.4, 0.5) is 0 Å². The zero-order valence-corrected chi connectivity index (χ0v) is 9.17. The fraction of sp³-hybridized carbons (Fsp3) is 0.300. The highest BCUT2D eigenvalue weighted by atomic mass is 35.5. The van der Waals surface area contributed by atoms with Crippen molar-refractivity contribution in [1.82, 2.24) is 0 Å². The molecule has 0 amide bonds. The van der Waals surface area contributed by atoms with Gasteiger partial charge in [0.15, 0.2) is 0 Å². The number of hydrogen-bond donors (Lipinski definition) is 0. The van der Waals surface area contributed by atoms with Gasteiger partial charge in [-0.25, -0.2) is 0 Å². The molecule has 0 aromatic carbocycles. The van der Waals surface area contributed by atoms with E-state index in [1.54, 1.807) is 11.3 Å². The highest BCUT2D eigenvalue weighted by Gasteiger charge is 2.06. The third-order valence-electron chi connectivity index (χ3n) is 1.71. The Bertz CT molecular complexity index is 371. The van der Waals surface area contributed by atoms with Crippen molar-refractivity contribution in [2.75, 3.05) is 0 Å². The first-order chi connectivity index (χ1) is 6.19. The van der Waals surface area contributed by atoms with E-state index in [2.05, 4.69) is 6.07 Å². The predicted molar refractivity (Wildman–Crippen MR) is 57.7 cm³/mol. The van der Waals surface area contributed by atoms with Gasteiger partial charge in [0.05, 0.1) is 11.1 Å². The Morgan fingerprint density at radius 1 is 1.62 bits per heavy atom. The maximum Gasteiger partial charge on any atom is 0.0963 e. The van der Waals surface area contributed by atoms with E-state index in [0.29, 0.717) is 17.0 Å². The average Bonchev–Trinajstić information content (AvgIpc) is 2.54. The van der Waals surface area contributed by atoms with Crippen LogP contribution in [0.2, 0.25) is 0 Å². The summed E-state index contributed by atoms with van der Waals surface area (Å²) in [7, 11) is 0. The van der Waals surface area contributed by atoms with Gasteiger partial charge in [-0.15, -0.1) is 11.3 Å². The summed E-state index contributed by atoms with van der Waals surface area (Å²) in [5, 5.41) is 9.38. The number of allylic oxidation sites excluding steroid dienone is 1. The monoisotopic (exact) mass is 211 g/mol. The third kappa shape index (κ3) is 2.33. The van der Waals surface area contributed by atoms with Crippen molar-refractivity contribution in [3.63, 3.8) is 0 Å². The quantitative estimate of drug-likeness (QED) is 0.680. The predicted octanol–water partition coefficient (Wildman–Crippen LogP) is 3.94. The lowest BCUT2D eigenvalue weighted by molar-refractivity contribution is 1.16. The van der Waals surface area contributed by atoms with Crippen LogP contribution in [-0.4, -0.2) is 0 Å². The fourth-order valence-corrected chi connectivity index (χ4v) is 2.17. The number of rotatable bonds is 2. The van der Waals surface area contributed by atoms with Gasteiger partial charge >= 0.3 is 0 Å². The number of halogens is 1. The van der Waals surface area contributed by atoms with Crippen molar-refractivity contribution in [3.05, 3.63) is 27.5 Å². The topological polar surface area (TPSA) is 23.8 Å². The van der Waals surface area contributed by atoms with E-state index in [-0.39, 0.29) is 0 Å². The van der Waals surface area contributed by atoms with Crippen LogP contribution >= 0.6 is 22.9 Å². The molecule has 13 heavy (non-hydrogen) atoms. The molecular formula is C10H10ClNS. The number of nitrogens with zero attached hydrogens (tertiary/aromatic N) is 1. The fourth-order valence-electron chi connectivity index (χ4n) is 0.985. The number of thiophene rings is 1. The zero-order valence-electron chi connectivity index (χ0n) is 7.60. The summed E-state index contributed by atoms with van der Waals surface area (Å²) in [6.45, 7) is 3.96. The largest absolute Gasteiger partial charge is 0.193 e. The number of aryl methyl sites for hydroxylation is 1. The van der Waals surface area contributed by atoms with Gasteiger partial charge < -0.3 is 0 Å². The molecule has 0 aliphatic heterocycles. The maximum atomic E-state index is 8.78. The SMILES string of the molecule is CCC(C#N)=C(Cl)c1ccc(C)s1. The van der Waals surface area contributed by atoms with Crippen molar-refractivity contribution in [1.29, 1.82) is 5.26 Å². The van der Waals surface area contributed by atoms with Gasteiger partial charge in [0.2, 0.25) is 0 Å². The molecule has 0 bridgehead atoms. The maximum absolute atomic E-state index is 8.78.